The number of anilines is 2. The number of rotatable bonds is 6. The summed E-state index contributed by atoms with van der Waals surface area (Å²) in [5.74, 6) is -0.227. The number of aryl methyl sites for hydroxylation is 1. The highest BCUT2D eigenvalue weighted by molar-refractivity contribution is 5.95. The monoisotopic (exact) mass is 325 g/mol. The molecule has 2 aromatic carbocycles. The smallest absolute Gasteiger partial charge is 0.241 e. The van der Waals surface area contributed by atoms with Crippen LogP contribution in [0.1, 0.15) is 25.0 Å². The molecule has 1 unspecified atom stereocenters. The number of benzene rings is 2. The second-order valence-corrected chi connectivity index (χ2v) is 5.84. The highest BCUT2D eigenvalue weighted by Gasteiger charge is 2.12. The minimum atomic E-state index is -0.318. The van der Waals surface area contributed by atoms with Crippen molar-refractivity contribution in [1.82, 2.24) is 5.32 Å². The lowest BCUT2D eigenvalue weighted by atomic mass is 10.1. The largest absolute Gasteiger partial charge is 0.326 e. The third-order valence-corrected chi connectivity index (χ3v) is 3.60. The molecule has 2 aromatic rings. The Morgan fingerprint density at radius 2 is 1.46 bits per heavy atom. The Hall–Kier alpha value is -2.66. The van der Waals surface area contributed by atoms with Crippen molar-refractivity contribution in [2.24, 2.45) is 0 Å². The Morgan fingerprint density at radius 1 is 0.917 bits per heavy atom. The highest BCUT2D eigenvalue weighted by Crippen LogP contribution is 2.13. The van der Waals surface area contributed by atoms with Gasteiger partial charge in [0.25, 0.3) is 0 Å². The zero-order chi connectivity index (χ0) is 17.5. The van der Waals surface area contributed by atoms with E-state index in [2.05, 4.69) is 28.1 Å². The second-order valence-electron chi connectivity index (χ2n) is 5.84. The van der Waals surface area contributed by atoms with Crippen molar-refractivity contribution in [3.63, 3.8) is 0 Å². The first kappa shape index (κ1) is 17.7. The Morgan fingerprint density at radius 3 is 2.00 bits per heavy atom. The Kier molecular flexibility index (Phi) is 6.09. The fourth-order valence-electron chi connectivity index (χ4n) is 2.16. The van der Waals surface area contributed by atoms with Crippen molar-refractivity contribution in [1.29, 1.82) is 0 Å². The van der Waals surface area contributed by atoms with Gasteiger partial charge in [-0.1, -0.05) is 29.8 Å². The number of nitrogens with one attached hydrogen (secondary N) is 3. The molecule has 5 heteroatoms. The van der Waals surface area contributed by atoms with Crippen LogP contribution < -0.4 is 16.0 Å². The summed E-state index contributed by atoms with van der Waals surface area (Å²) in [5.41, 5.74) is 3.75. The van der Waals surface area contributed by atoms with Gasteiger partial charge in [-0.25, -0.2) is 0 Å². The van der Waals surface area contributed by atoms with Crippen LogP contribution in [-0.2, 0) is 16.1 Å². The molecule has 0 aliphatic rings. The van der Waals surface area contributed by atoms with Crippen LogP contribution in [0.15, 0.2) is 48.5 Å². The van der Waals surface area contributed by atoms with E-state index >= 15 is 0 Å². The summed E-state index contributed by atoms with van der Waals surface area (Å²) in [4.78, 5) is 23.2. The van der Waals surface area contributed by atoms with Crippen LogP contribution in [0, 0.1) is 6.92 Å². The zero-order valence-corrected chi connectivity index (χ0v) is 14.2. The number of hydrogen-bond donors (Lipinski definition) is 3. The normalized spacial score (nSPS) is 11.6. The lowest BCUT2D eigenvalue weighted by Gasteiger charge is -2.14. The standard InChI is InChI=1S/C19H23N3O2/c1-13-4-6-16(7-5-13)12-20-14(2)19(24)22-18-10-8-17(9-11-18)21-15(3)23/h4-11,14,20H,12H2,1-3H3,(H,21,23)(H,22,24). The quantitative estimate of drug-likeness (QED) is 0.764. The molecule has 0 aliphatic heterocycles. The van der Waals surface area contributed by atoms with Crippen molar-refractivity contribution in [3.05, 3.63) is 59.7 Å². The second kappa shape index (κ2) is 8.26. The number of carbonyl (C=O) groups is 2. The molecule has 1 atom stereocenters. The zero-order valence-electron chi connectivity index (χ0n) is 14.2. The van der Waals surface area contributed by atoms with Crippen molar-refractivity contribution in [2.75, 3.05) is 10.6 Å². The molecular weight excluding hydrogens is 302 g/mol. The lowest BCUT2D eigenvalue weighted by molar-refractivity contribution is -0.118. The van der Waals surface area contributed by atoms with E-state index in [1.54, 1.807) is 24.3 Å². The number of amides is 2. The molecule has 2 amide bonds. The van der Waals surface area contributed by atoms with Gasteiger partial charge in [-0.3, -0.25) is 9.59 Å². The summed E-state index contributed by atoms with van der Waals surface area (Å²) in [7, 11) is 0. The van der Waals surface area contributed by atoms with E-state index in [0.717, 1.165) is 5.56 Å². The van der Waals surface area contributed by atoms with E-state index in [9.17, 15) is 9.59 Å². The van der Waals surface area contributed by atoms with Gasteiger partial charge in [0.15, 0.2) is 0 Å². The molecule has 0 heterocycles. The summed E-state index contributed by atoms with van der Waals surface area (Å²) in [6.45, 7) is 5.97. The molecular formula is C19H23N3O2. The van der Waals surface area contributed by atoms with Crippen LogP contribution in [-0.4, -0.2) is 17.9 Å². The average molecular weight is 325 g/mol. The van der Waals surface area contributed by atoms with E-state index in [-0.39, 0.29) is 17.9 Å². The van der Waals surface area contributed by atoms with Crippen LogP contribution >= 0.6 is 0 Å². The number of carbonyl (C=O) groups excluding carboxylic acids is 2. The first-order valence-corrected chi connectivity index (χ1v) is 7.91. The Bertz CT molecular complexity index is 694. The van der Waals surface area contributed by atoms with E-state index in [1.807, 2.05) is 26.0 Å². The van der Waals surface area contributed by atoms with E-state index in [1.165, 1.54) is 12.5 Å². The van der Waals surface area contributed by atoms with Crippen LogP contribution in [0.5, 0.6) is 0 Å². The minimum Gasteiger partial charge on any atom is -0.326 e. The molecule has 0 saturated carbocycles. The first-order valence-electron chi connectivity index (χ1n) is 7.91. The third-order valence-electron chi connectivity index (χ3n) is 3.60. The van der Waals surface area contributed by atoms with Crippen molar-refractivity contribution >= 4 is 23.2 Å². The summed E-state index contributed by atoms with van der Waals surface area (Å²) in [6.07, 6.45) is 0. The predicted molar refractivity (Wildman–Crippen MR) is 96.9 cm³/mol. The van der Waals surface area contributed by atoms with Crippen molar-refractivity contribution in [3.8, 4) is 0 Å². The van der Waals surface area contributed by atoms with Gasteiger partial charge in [0.05, 0.1) is 6.04 Å². The van der Waals surface area contributed by atoms with Crippen LogP contribution in [0.3, 0.4) is 0 Å². The molecule has 0 saturated heterocycles. The highest BCUT2D eigenvalue weighted by atomic mass is 16.2. The van der Waals surface area contributed by atoms with Gasteiger partial charge in [-0.15, -0.1) is 0 Å². The summed E-state index contributed by atoms with van der Waals surface area (Å²) in [6, 6.07) is 14.9. The maximum atomic E-state index is 12.2. The van der Waals surface area contributed by atoms with Gasteiger partial charge in [-0.05, 0) is 43.7 Å². The van der Waals surface area contributed by atoms with Crippen LogP contribution in [0.25, 0.3) is 0 Å². The summed E-state index contributed by atoms with van der Waals surface area (Å²) >= 11 is 0. The summed E-state index contributed by atoms with van der Waals surface area (Å²) in [5, 5.41) is 8.75. The molecule has 0 fully saturated rings. The molecule has 0 radical (unpaired) electrons. The van der Waals surface area contributed by atoms with E-state index in [0.29, 0.717) is 17.9 Å². The van der Waals surface area contributed by atoms with Crippen molar-refractivity contribution in [2.45, 2.75) is 33.4 Å². The summed E-state index contributed by atoms with van der Waals surface area (Å²) < 4.78 is 0. The Balaban J connectivity index is 1.84. The molecule has 2 rings (SSSR count). The molecule has 24 heavy (non-hydrogen) atoms. The molecule has 3 N–H and O–H groups in total. The average Bonchev–Trinajstić information content (AvgIpc) is 2.55. The van der Waals surface area contributed by atoms with E-state index in [4.69, 9.17) is 0 Å². The molecule has 0 aromatic heterocycles. The molecule has 126 valence electrons. The number of hydrogen-bond acceptors (Lipinski definition) is 3. The minimum absolute atomic E-state index is 0.102. The van der Waals surface area contributed by atoms with Gasteiger partial charge in [0.2, 0.25) is 11.8 Å². The van der Waals surface area contributed by atoms with Crippen LogP contribution in [0.4, 0.5) is 11.4 Å². The van der Waals surface area contributed by atoms with Gasteiger partial charge >= 0.3 is 0 Å². The third kappa shape index (κ3) is 5.52. The first-order chi connectivity index (χ1) is 11.4. The van der Waals surface area contributed by atoms with Crippen molar-refractivity contribution < 1.29 is 9.59 Å². The SMILES string of the molecule is CC(=O)Nc1ccc(NC(=O)C(C)NCc2ccc(C)cc2)cc1. The van der Waals surface area contributed by atoms with Gasteiger partial charge in [-0.2, -0.15) is 0 Å². The molecule has 0 spiro atoms. The van der Waals surface area contributed by atoms with E-state index < -0.39 is 0 Å². The lowest BCUT2D eigenvalue weighted by Crippen LogP contribution is -2.37. The Labute approximate surface area is 142 Å². The maximum Gasteiger partial charge on any atom is 0.241 e. The fourth-order valence-corrected chi connectivity index (χ4v) is 2.16. The van der Waals surface area contributed by atoms with Gasteiger partial charge in [0.1, 0.15) is 0 Å². The molecule has 5 nitrogen and oxygen atoms in total. The fraction of sp³-hybridized carbons (Fsp3) is 0.263. The maximum absolute atomic E-state index is 12.2. The topological polar surface area (TPSA) is 70.2 Å². The molecule has 0 aliphatic carbocycles. The van der Waals surface area contributed by atoms with Crippen LogP contribution in [0.2, 0.25) is 0 Å². The predicted octanol–water partition coefficient (Wildman–Crippen LogP) is 3.07. The van der Waals surface area contributed by atoms with Gasteiger partial charge in [0, 0.05) is 24.8 Å². The van der Waals surface area contributed by atoms with Gasteiger partial charge < -0.3 is 16.0 Å². The molecule has 0 bridgehead atoms.